The highest BCUT2D eigenvalue weighted by Gasteiger charge is 2.26. The zero-order valence-electron chi connectivity index (χ0n) is 33.6. The van der Waals surface area contributed by atoms with Crippen LogP contribution in [-0.4, -0.2) is 42.8 Å². The molecule has 0 radical (unpaired) electrons. The first-order chi connectivity index (χ1) is 30.2. The summed E-state index contributed by atoms with van der Waals surface area (Å²) in [7, 11) is -17.8. The van der Waals surface area contributed by atoms with Gasteiger partial charge in [-0.2, -0.15) is 16.8 Å². The van der Waals surface area contributed by atoms with Crippen LogP contribution in [-0.2, 0) is 40.3 Å². The molecule has 6 aromatic rings. The Bertz CT molecular complexity index is 3640. The molecule has 2 aliphatic rings. The van der Waals surface area contributed by atoms with Crippen LogP contribution in [0, 0.1) is 13.8 Å². The van der Waals surface area contributed by atoms with Crippen molar-refractivity contribution in [3.8, 4) is 22.5 Å². The number of aryl methyl sites for hydroxylation is 2. The maximum atomic E-state index is 13.1. The molecular weight excluding hydrogens is 901 g/mol. The van der Waals surface area contributed by atoms with Gasteiger partial charge in [0.2, 0.25) is 0 Å². The van der Waals surface area contributed by atoms with Crippen LogP contribution in [0.4, 0.5) is 28.4 Å². The van der Waals surface area contributed by atoms with E-state index in [2.05, 4.69) is 14.8 Å². The second kappa shape index (κ2) is 16.7. The highest BCUT2D eigenvalue weighted by Crippen LogP contribution is 2.44. The summed E-state index contributed by atoms with van der Waals surface area (Å²) in [5.74, 6) is 0.174. The number of nitrogens with zero attached hydrogens (tertiary/aromatic N) is 1. The first-order valence-corrected chi connectivity index (χ1v) is 24.9. The van der Waals surface area contributed by atoms with Crippen molar-refractivity contribution in [2.45, 2.75) is 33.4 Å². The summed E-state index contributed by atoms with van der Waals surface area (Å²) in [5, 5.41) is 3.97. The Morgan fingerprint density at radius 1 is 0.516 bits per heavy atom. The fourth-order valence-corrected chi connectivity index (χ4v) is 10.4. The van der Waals surface area contributed by atoms with Crippen LogP contribution in [0.15, 0.2) is 181 Å². The van der Waals surface area contributed by atoms with Gasteiger partial charge in [-0.1, -0.05) is 54.6 Å². The van der Waals surface area contributed by atoms with E-state index in [1.54, 1.807) is 116 Å². The number of anilines is 4. The molecule has 19 heteroatoms. The molecule has 0 atom stereocenters. The molecule has 1 heterocycles. The Kier molecular flexibility index (Phi) is 11.4. The lowest BCUT2D eigenvalue weighted by molar-refractivity contribution is 0.481. The first-order valence-electron chi connectivity index (χ1n) is 19.0. The largest absolute Gasteiger partial charge is 0.456 e. The summed E-state index contributed by atoms with van der Waals surface area (Å²) in [6, 6.07) is 38.1. The molecule has 6 aromatic carbocycles. The van der Waals surface area contributed by atoms with Crippen molar-refractivity contribution >= 4 is 79.7 Å². The molecule has 8 rings (SSSR count). The standard InChI is InChI=1S/C45H36N4O11S4/c1-28-13-15-32(48-61(50,51)34-9-5-3-6-10-34)23-40(28)46-30-17-20-37-42(25-30)60-43-26-31(47-41-24-33(16-14-29(41)2)49-62(52,53)35-11-7-4-8-12-35)18-21-38(43)45(37)39-22-19-36(63(54,55)56)27-44(39)64(57,58)59/h3-27,46,48-49H,1-2H3,(H,54,55,56)(H,57,58,59)/b47-31-. The summed E-state index contributed by atoms with van der Waals surface area (Å²) >= 11 is 0. The van der Waals surface area contributed by atoms with Gasteiger partial charge >= 0.3 is 0 Å². The molecule has 1 aliphatic heterocycles. The molecule has 0 aromatic heterocycles. The summed E-state index contributed by atoms with van der Waals surface area (Å²) in [4.78, 5) is 3.37. The number of benzene rings is 7. The molecule has 326 valence electrons. The molecule has 0 spiro atoms. The molecule has 5 N–H and O–H groups in total. The molecule has 0 saturated heterocycles. The predicted molar refractivity (Wildman–Crippen MR) is 243 cm³/mol. The van der Waals surface area contributed by atoms with Gasteiger partial charge in [-0.3, -0.25) is 18.5 Å². The third kappa shape index (κ3) is 9.25. The smallest absolute Gasteiger partial charge is 0.295 e. The monoisotopic (exact) mass is 936 g/mol. The van der Waals surface area contributed by atoms with Gasteiger partial charge in [0.15, 0.2) is 0 Å². The molecule has 0 unspecified atom stereocenters. The summed E-state index contributed by atoms with van der Waals surface area (Å²) in [5.41, 5.74) is 4.04. The van der Waals surface area contributed by atoms with E-state index in [1.165, 1.54) is 24.3 Å². The quantitative estimate of drug-likeness (QED) is 0.0570. The van der Waals surface area contributed by atoms with Crippen molar-refractivity contribution in [1.29, 1.82) is 0 Å². The van der Waals surface area contributed by atoms with Gasteiger partial charge in [0, 0.05) is 45.6 Å². The van der Waals surface area contributed by atoms with Gasteiger partial charge in [-0.15, -0.1) is 0 Å². The molecule has 15 nitrogen and oxygen atoms in total. The van der Waals surface area contributed by atoms with E-state index in [9.17, 15) is 42.8 Å². The Hall–Kier alpha value is -6.87. The maximum absolute atomic E-state index is 13.1. The van der Waals surface area contributed by atoms with Crippen molar-refractivity contribution in [3.05, 3.63) is 168 Å². The number of sulfonamides is 2. The molecule has 0 saturated carbocycles. The third-order valence-electron chi connectivity index (χ3n) is 10.1. The van der Waals surface area contributed by atoms with Crippen molar-refractivity contribution in [2.75, 3.05) is 14.8 Å². The predicted octanol–water partition coefficient (Wildman–Crippen LogP) is 8.89. The van der Waals surface area contributed by atoms with Gasteiger partial charge < -0.3 is 9.73 Å². The van der Waals surface area contributed by atoms with Crippen LogP contribution in [0.25, 0.3) is 33.4 Å². The SMILES string of the molecule is Cc1ccc(NS(=O)(=O)c2ccccc2)cc1/N=c1/ccc2c(-c3ccc(S(=O)(=O)O)cc3S(=O)(=O)O)c3ccc(Nc4cc(NS(=O)(=O)c5ccccc5)ccc4C)cc3oc-2c1. The van der Waals surface area contributed by atoms with E-state index in [-0.39, 0.29) is 43.6 Å². The second-order valence-electron chi connectivity index (χ2n) is 14.6. The highest BCUT2D eigenvalue weighted by atomic mass is 32.2. The van der Waals surface area contributed by atoms with Gasteiger partial charge in [0.1, 0.15) is 16.2 Å². The van der Waals surface area contributed by atoms with E-state index >= 15 is 0 Å². The minimum Gasteiger partial charge on any atom is -0.456 e. The summed E-state index contributed by atoms with van der Waals surface area (Å²) in [6.07, 6.45) is 0. The average Bonchev–Trinajstić information content (AvgIpc) is 3.24. The minimum atomic E-state index is -5.11. The topological polar surface area (TPSA) is 239 Å². The number of hydrogen-bond donors (Lipinski definition) is 5. The lowest BCUT2D eigenvalue weighted by Gasteiger charge is -2.19. The third-order valence-corrected chi connectivity index (χ3v) is 14.6. The van der Waals surface area contributed by atoms with Crippen LogP contribution in [0.5, 0.6) is 0 Å². The number of fused-ring (bicyclic) bond motifs is 2. The Labute approximate surface area is 368 Å². The van der Waals surface area contributed by atoms with E-state index in [4.69, 9.17) is 9.41 Å². The van der Waals surface area contributed by atoms with Crippen molar-refractivity contribution in [2.24, 2.45) is 4.99 Å². The van der Waals surface area contributed by atoms with Gasteiger partial charge in [-0.05, 0) is 110 Å². The van der Waals surface area contributed by atoms with Crippen LogP contribution in [0.1, 0.15) is 11.1 Å². The molecule has 0 fully saturated rings. The van der Waals surface area contributed by atoms with Gasteiger partial charge in [0.25, 0.3) is 40.3 Å². The minimum absolute atomic E-state index is 0.0753. The Morgan fingerprint density at radius 3 is 1.70 bits per heavy atom. The zero-order chi connectivity index (χ0) is 45.6. The van der Waals surface area contributed by atoms with Crippen molar-refractivity contribution < 1.29 is 47.2 Å². The molecule has 0 bridgehead atoms. The van der Waals surface area contributed by atoms with Crippen molar-refractivity contribution in [3.63, 3.8) is 0 Å². The normalized spacial score (nSPS) is 12.7. The number of hydrogen-bond acceptors (Lipinski definition) is 11. The molecular formula is C45H36N4O11S4. The number of rotatable bonds is 12. The Balaban J connectivity index is 1.26. The first kappa shape index (κ1) is 43.8. The van der Waals surface area contributed by atoms with Crippen LogP contribution >= 0.6 is 0 Å². The summed E-state index contributed by atoms with van der Waals surface area (Å²) < 4.78 is 134. The molecule has 64 heavy (non-hydrogen) atoms. The van der Waals surface area contributed by atoms with E-state index in [1.807, 2.05) is 6.92 Å². The van der Waals surface area contributed by atoms with E-state index in [0.717, 1.165) is 17.7 Å². The fraction of sp³-hybridized carbons (Fsp3) is 0.0444. The Morgan fingerprint density at radius 2 is 1.09 bits per heavy atom. The highest BCUT2D eigenvalue weighted by molar-refractivity contribution is 7.93. The summed E-state index contributed by atoms with van der Waals surface area (Å²) in [6.45, 7) is 3.62. The lowest BCUT2D eigenvalue weighted by Crippen LogP contribution is -2.13. The van der Waals surface area contributed by atoms with Crippen LogP contribution in [0.2, 0.25) is 0 Å². The van der Waals surface area contributed by atoms with Gasteiger partial charge in [-0.25, -0.2) is 21.8 Å². The maximum Gasteiger partial charge on any atom is 0.295 e. The van der Waals surface area contributed by atoms with E-state index < -0.39 is 50.1 Å². The average molecular weight is 937 g/mol. The lowest BCUT2D eigenvalue weighted by atomic mass is 9.93. The van der Waals surface area contributed by atoms with Gasteiger partial charge in [0.05, 0.1) is 37.1 Å². The molecule has 0 amide bonds. The van der Waals surface area contributed by atoms with E-state index in [0.29, 0.717) is 45.0 Å². The van der Waals surface area contributed by atoms with Crippen LogP contribution in [0.3, 0.4) is 0 Å². The zero-order valence-corrected chi connectivity index (χ0v) is 36.8. The molecule has 1 aliphatic carbocycles. The fourth-order valence-electron chi connectivity index (χ4n) is 6.93. The van der Waals surface area contributed by atoms with Crippen LogP contribution < -0.4 is 20.1 Å². The second-order valence-corrected chi connectivity index (χ2v) is 20.8. The van der Waals surface area contributed by atoms with Crippen molar-refractivity contribution in [1.82, 2.24) is 0 Å². The number of nitrogens with one attached hydrogen (secondary N) is 3.